The Morgan fingerprint density at radius 1 is 1.57 bits per heavy atom. The molecule has 0 aliphatic carbocycles. The van der Waals surface area contributed by atoms with E-state index in [0.717, 1.165) is 24.7 Å². The highest BCUT2D eigenvalue weighted by molar-refractivity contribution is 5.10. The molecule has 1 unspecified atom stereocenters. The molecule has 14 heavy (non-hydrogen) atoms. The second-order valence-corrected chi connectivity index (χ2v) is 3.48. The average Bonchev–Trinajstić information content (AvgIpc) is 2.59. The van der Waals surface area contributed by atoms with Gasteiger partial charge >= 0.3 is 0 Å². The van der Waals surface area contributed by atoms with Crippen LogP contribution in [-0.4, -0.2) is 14.7 Å². The summed E-state index contributed by atoms with van der Waals surface area (Å²) in [7, 11) is 0. The van der Waals surface area contributed by atoms with Gasteiger partial charge in [0, 0.05) is 13.0 Å². The molecule has 3 nitrogen and oxygen atoms in total. The first-order valence-corrected chi connectivity index (χ1v) is 5.54. The number of hydrogen-bond donors (Lipinski definition) is 1. The van der Waals surface area contributed by atoms with Crippen LogP contribution >= 0.6 is 0 Å². The maximum Gasteiger partial charge on any atom is 0.229 e. The molecule has 0 spiro atoms. The van der Waals surface area contributed by atoms with Crippen LogP contribution in [0.3, 0.4) is 0 Å². The van der Waals surface area contributed by atoms with E-state index in [1.165, 1.54) is 12.8 Å². The van der Waals surface area contributed by atoms with Gasteiger partial charge in [-0.2, -0.15) is 4.98 Å². The minimum absolute atomic E-state index is 0.168. The topological polar surface area (TPSA) is 38.0 Å². The molecule has 80 valence electrons. The summed E-state index contributed by atoms with van der Waals surface area (Å²) in [6.45, 7) is 7.23. The lowest BCUT2D eigenvalue weighted by molar-refractivity contribution is 0.372. The number of nitrogens with zero attached hydrogens (tertiary/aromatic N) is 2. The molecule has 0 bridgehead atoms. The van der Waals surface area contributed by atoms with E-state index in [1.807, 2.05) is 13.8 Å². The first-order valence-electron chi connectivity index (χ1n) is 5.54. The van der Waals surface area contributed by atoms with Crippen LogP contribution in [0.15, 0.2) is 6.20 Å². The van der Waals surface area contributed by atoms with E-state index in [2.05, 4.69) is 16.5 Å². The number of aromatic hydroxyl groups is 1. The Morgan fingerprint density at radius 3 is 2.93 bits per heavy atom. The van der Waals surface area contributed by atoms with Crippen LogP contribution in [0.4, 0.5) is 0 Å². The van der Waals surface area contributed by atoms with Gasteiger partial charge in [-0.1, -0.05) is 27.2 Å². The van der Waals surface area contributed by atoms with E-state index >= 15 is 0 Å². The predicted molar refractivity (Wildman–Crippen MR) is 57.3 cm³/mol. The van der Waals surface area contributed by atoms with E-state index in [0.29, 0.717) is 0 Å². The Bertz CT molecular complexity index is 281. The third-order valence-electron chi connectivity index (χ3n) is 2.67. The molecule has 3 heteroatoms. The average molecular weight is 196 g/mol. The van der Waals surface area contributed by atoms with Crippen molar-refractivity contribution in [2.75, 3.05) is 0 Å². The molecule has 2 heterocycles. The molecule has 0 saturated carbocycles. The second kappa shape index (κ2) is 5.03. The minimum atomic E-state index is 0.168. The molecule has 0 saturated heterocycles. The fourth-order valence-electron chi connectivity index (χ4n) is 1.83. The lowest BCUT2D eigenvalue weighted by Gasteiger charge is -2.21. The molecule has 1 aliphatic heterocycles. The molecule has 1 aliphatic rings. The lowest BCUT2D eigenvalue weighted by atomic mass is 9.95. The quantitative estimate of drug-likeness (QED) is 0.749. The largest absolute Gasteiger partial charge is 0.492 e. The molecule has 2 rings (SSSR count). The van der Waals surface area contributed by atoms with Crippen molar-refractivity contribution in [2.45, 2.75) is 46.6 Å². The highest BCUT2D eigenvalue weighted by Gasteiger charge is 2.18. The van der Waals surface area contributed by atoms with Crippen molar-refractivity contribution in [3.63, 3.8) is 0 Å². The van der Waals surface area contributed by atoms with Gasteiger partial charge in [0.25, 0.3) is 0 Å². The predicted octanol–water partition coefficient (Wildman–Crippen LogP) is 2.59. The molecular weight excluding hydrogens is 176 g/mol. The van der Waals surface area contributed by atoms with Gasteiger partial charge in [-0.05, 0) is 12.3 Å². The SMILES string of the molecule is CC.CCC1CCn2cc(O)nc2C1. The van der Waals surface area contributed by atoms with Crippen molar-refractivity contribution in [1.82, 2.24) is 9.55 Å². The number of aromatic nitrogens is 2. The van der Waals surface area contributed by atoms with Crippen LogP contribution in [0.1, 0.15) is 39.4 Å². The maximum atomic E-state index is 9.15. The van der Waals surface area contributed by atoms with E-state index < -0.39 is 0 Å². The molecule has 1 N–H and O–H groups in total. The van der Waals surface area contributed by atoms with Crippen molar-refractivity contribution in [2.24, 2.45) is 5.92 Å². The zero-order valence-electron chi connectivity index (χ0n) is 9.32. The number of hydrogen-bond acceptors (Lipinski definition) is 2. The van der Waals surface area contributed by atoms with Crippen molar-refractivity contribution >= 4 is 0 Å². The molecule has 0 amide bonds. The van der Waals surface area contributed by atoms with Crippen molar-refractivity contribution < 1.29 is 5.11 Å². The summed E-state index contributed by atoms with van der Waals surface area (Å²) in [6.07, 6.45) is 5.19. The molecular formula is C11H20N2O. The van der Waals surface area contributed by atoms with Gasteiger partial charge in [0.05, 0.1) is 6.20 Å². The Hall–Kier alpha value is -0.990. The molecule has 0 radical (unpaired) electrons. The lowest BCUT2D eigenvalue weighted by Crippen LogP contribution is -2.18. The van der Waals surface area contributed by atoms with Gasteiger partial charge in [0.2, 0.25) is 5.88 Å². The monoisotopic (exact) mass is 196 g/mol. The summed E-state index contributed by atoms with van der Waals surface area (Å²) in [5.74, 6) is 1.98. The number of imidazole rings is 1. The van der Waals surface area contributed by atoms with Crippen LogP contribution in [0.25, 0.3) is 0 Å². The van der Waals surface area contributed by atoms with Crippen LogP contribution < -0.4 is 0 Å². The standard InChI is InChI=1S/C9H14N2O.C2H6/c1-2-7-3-4-11-6-9(12)10-8(11)5-7;1-2/h6-7,12H,2-5H2,1H3;1-2H3. The van der Waals surface area contributed by atoms with Gasteiger partial charge in [-0.25, -0.2) is 0 Å². The van der Waals surface area contributed by atoms with E-state index in [9.17, 15) is 0 Å². The Kier molecular flexibility index (Phi) is 3.98. The summed E-state index contributed by atoms with van der Waals surface area (Å²) in [6, 6.07) is 0. The second-order valence-electron chi connectivity index (χ2n) is 3.48. The van der Waals surface area contributed by atoms with E-state index in [1.54, 1.807) is 6.20 Å². The third kappa shape index (κ3) is 2.28. The zero-order chi connectivity index (χ0) is 10.6. The van der Waals surface area contributed by atoms with Gasteiger partial charge in [-0.15, -0.1) is 0 Å². The number of fused-ring (bicyclic) bond motifs is 1. The van der Waals surface area contributed by atoms with E-state index in [-0.39, 0.29) is 5.88 Å². The van der Waals surface area contributed by atoms with Crippen molar-refractivity contribution in [3.8, 4) is 5.88 Å². The van der Waals surface area contributed by atoms with Crippen LogP contribution in [0.5, 0.6) is 5.88 Å². The maximum absolute atomic E-state index is 9.15. The summed E-state index contributed by atoms with van der Waals surface area (Å²) in [5, 5.41) is 9.15. The van der Waals surface area contributed by atoms with Gasteiger partial charge in [0.15, 0.2) is 0 Å². The number of aryl methyl sites for hydroxylation is 1. The Morgan fingerprint density at radius 2 is 2.29 bits per heavy atom. The first kappa shape index (κ1) is 11.1. The molecule has 1 aromatic heterocycles. The van der Waals surface area contributed by atoms with Gasteiger partial charge in [0.1, 0.15) is 5.82 Å². The zero-order valence-corrected chi connectivity index (χ0v) is 9.32. The smallest absolute Gasteiger partial charge is 0.229 e. The minimum Gasteiger partial charge on any atom is -0.492 e. The third-order valence-corrected chi connectivity index (χ3v) is 2.67. The summed E-state index contributed by atoms with van der Waals surface area (Å²) in [5.41, 5.74) is 0. The molecule has 1 atom stereocenters. The summed E-state index contributed by atoms with van der Waals surface area (Å²) in [4.78, 5) is 4.07. The fraction of sp³-hybridized carbons (Fsp3) is 0.727. The molecule has 0 aromatic carbocycles. The van der Waals surface area contributed by atoms with Crippen LogP contribution in [0, 0.1) is 5.92 Å². The number of rotatable bonds is 1. The van der Waals surface area contributed by atoms with Crippen LogP contribution in [-0.2, 0) is 13.0 Å². The normalized spacial score (nSPS) is 19.5. The van der Waals surface area contributed by atoms with Crippen molar-refractivity contribution in [3.05, 3.63) is 12.0 Å². The molecule has 1 aromatic rings. The molecule has 0 fully saturated rings. The first-order chi connectivity index (χ1) is 6.79. The highest BCUT2D eigenvalue weighted by atomic mass is 16.3. The summed E-state index contributed by atoms with van der Waals surface area (Å²) < 4.78 is 2.06. The van der Waals surface area contributed by atoms with Gasteiger partial charge in [-0.3, -0.25) is 0 Å². The highest BCUT2D eigenvalue weighted by Crippen LogP contribution is 2.23. The Balaban J connectivity index is 0.000000461. The van der Waals surface area contributed by atoms with Crippen molar-refractivity contribution in [1.29, 1.82) is 0 Å². The van der Waals surface area contributed by atoms with Gasteiger partial charge < -0.3 is 9.67 Å². The van der Waals surface area contributed by atoms with E-state index in [4.69, 9.17) is 5.11 Å². The fourth-order valence-corrected chi connectivity index (χ4v) is 1.83. The van der Waals surface area contributed by atoms with Crippen LogP contribution in [0.2, 0.25) is 0 Å². The summed E-state index contributed by atoms with van der Waals surface area (Å²) >= 11 is 0. The Labute approximate surface area is 85.8 Å².